The molecule has 4 nitrogen and oxygen atoms in total. The van der Waals surface area contributed by atoms with Crippen LogP contribution in [0.4, 0.5) is 0 Å². The van der Waals surface area contributed by atoms with Gasteiger partial charge in [0.1, 0.15) is 5.82 Å². The highest BCUT2D eigenvalue weighted by Crippen LogP contribution is 2.26. The van der Waals surface area contributed by atoms with Crippen molar-refractivity contribution in [1.29, 1.82) is 0 Å². The molecule has 0 spiro atoms. The van der Waals surface area contributed by atoms with Gasteiger partial charge in [0.2, 0.25) is 0 Å². The zero-order chi connectivity index (χ0) is 20.3. The van der Waals surface area contributed by atoms with Gasteiger partial charge in [0.15, 0.2) is 0 Å². The number of benzene rings is 2. The van der Waals surface area contributed by atoms with Crippen molar-refractivity contribution in [2.24, 2.45) is 0 Å². The zero-order valence-corrected chi connectivity index (χ0v) is 17.6. The molecule has 0 saturated carbocycles. The number of nitrogens with zero attached hydrogens (tertiary/aromatic N) is 4. The van der Waals surface area contributed by atoms with Crippen LogP contribution in [0.25, 0.3) is 10.9 Å². The smallest absolute Gasteiger partial charge is 0.128 e. The van der Waals surface area contributed by atoms with Crippen molar-refractivity contribution >= 4 is 10.9 Å². The van der Waals surface area contributed by atoms with Crippen LogP contribution < -0.4 is 0 Å². The Morgan fingerprint density at radius 2 is 1.80 bits per heavy atom. The third-order valence-electron chi connectivity index (χ3n) is 6.00. The van der Waals surface area contributed by atoms with E-state index in [4.69, 9.17) is 4.98 Å². The van der Waals surface area contributed by atoms with Gasteiger partial charge in [0.05, 0.1) is 0 Å². The van der Waals surface area contributed by atoms with Gasteiger partial charge in [-0.2, -0.15) is 0 Å². The molecule has 3 heterocycles. The lowest BCUT2D eigenvalue weighted by Gasteiger charge is -2.27. The minimum atomic E-state index is 0.901. The fraction of sp³-hybridized carbons (Fsp3) is 0.308. The van der Waals surface area contributed by atoms with E-state index in [1.54, 1.807) is 0 Å². The average molecular weight is 397 g/mol. The van der Waals surface area contributed by atoms with E-state index in [-0.39, 0.29) is 0 Å². The molecule has 0 bridgehead atoms. The van der Waals surface area contributed by atoms with Gasteiger partial charge in [-0.15, -0.1) is 0 Å². The van der Waals surface area contributed by atoms with Crippen molar-refractivity contribution in [2.75, 3.05) is 6.54 Å². The maximum Gasteiger partial charge on any atom is 0.128 e. The van der Waals surface area contributed by atoms with E-state index in [1.807, 2.05) is 0 Å². The minimum Gasteiger partial charge on any atom is -0.343 e. The van der Waals surface area contributed by atoms with Gasteiger partial charge in [0, 0.05) is 73.6 Å². The van der Waals surface area contributed by atoms with Crippen LogP contribution in [0.5, 0.6) is 0 Å². The first-order chi connectivity index (χ1) is 14.8. The highest BCUT2D eigenvalue weighted by molar-refractivity contribution is 5.84. The predicted octanol–water partition coefficient (Wildman–Crippen LogP) is 4.99. The molecule has 0 fully saturated rings. The average Bonchev–Trinajstić information content (AvgIpc) is 3.12. The molecule has 5 rings (SSSR count). The Bertz CT molecular complexity index is 1150. The Kier molecular flexibility index (Phi) is 5.33. The fourth-order valence-corrected chi connectivity index (χ4v) is 4.50. The Balaban J connectivity index is 1.38. The van der Waals surface area contributed by atoms with Crippen molar-refractivity contribution in [2.45, 2.75) is 45.8 Å². The molecule has 2 aromatic carbocycles. The van der Waals surface area contributed by atoms with E-state index in [0.717, 1.165) is 51.3 Å². The minimum absolute atomic E-state index is 0.901. The molecule has 0 N–H and O–H groups in total. The Morgan fingerprint density at radius 1 is 0.967 bits per heavy atom. The normalized spacial score (nSPS) is 14.2. The van der Waals surface area contributed by atoms with E-state index in [9.17, 15) is 0 Å². The number of aryl methyl sites for hydroxylation is 1. The summed E-state index contributed by atoms with van der Waals surface area (Å²) in [6.07, 6.45) is 7.47. The topological polar surface area (TPSA) is 34.0 Å². The van der Waals surface area contributed by atoms with Crippen molar-refractivity contribution in [3.05, 3.63) is 95.2 Å². The molecule has 30 heavy (non-hydrogen) atoms. The molecule has 0 unspecified atom stereocenters. The Hall–Kier alpha value is -2.98. The van der Waals surface area contributed by atoms with E-state index < -0.39 is 0 Å². The zero-order valence-electron chi connectivity index (χ0n) is 17.6. The summed E-state index contributed by atoms with van der Waals surface area (Å²) in [5.74, 6) is 0.994. The molecular formula is C26H28N4. The van der Waals surface area contributed by atoms with Crippen LogP contribution in [0.15, 0.2) is 67.0 Å². The lowest BCUT2D eigenvalue weighted by atomic mass is 10.1. The van der Waals surface area contributed by atoms with Gasteiger partial charge in [-0.25, -0.2) is 9.97 Å². The molecule has 0 radical (unpaired) electrons. The van der Waals surface area contributed by atoms with E-state index >= 15 is 0 Å². The molecule has 0 aliphatic carbocycles. The summed E-state index contributed by atoms with van der Waals surface area (Å²) in [6, 6.07) is 19.5. The summed E-state index contributed by atoms with van der Waals surface area (Å²) in [6.45, 7) is 6.02. The first-order valence-corrected chi connectivity index (χ1v) is 11.0. The second kappa shape index (κ2) is 8.41. The van der Waals surface area contributed by atoms with Gasteiger partial charge in [0.25, 0.3) is 0 Å². The third kappa shape index (κ3) is 3.88. The second-order valence-electron chi connectivity index (χ2n) is 8.25. The van der Waals surface area contributed by atoms with Crippen molar-refractivity contribution in [3.63, 3.8) is 0 Å². The number of hydrogen-bond donors (Lipinski definition) is 0. The molecule has 1 aliphatic rings. The van der Waals surface area contributed by atoms with Crippen molar-refractivity contribution in [3.8, 4) is 0 Å². The molecule has 0 atom stereocenters. The SMILES string of the molecule is CCCc1ncc2c(n1)CCN(Cc1cn(Cc3ccccc3)c3ccccc13)C2. The molecule has 4 aromatic rings. The lowest BCUT2D eigenvalue weighted by Crippen LogP contribution is -2.31. The summed E-state index contributed by atoms with van der Waals surface area (Å²) in [5, 5.41) is 1.36. The fourth-order valence-electron chi connectivity index (χ4n) is 4.50. The van der Waals surface area contributed by atoms with Crippen molar-refractivity contribution in [1.82, 2.24) is 19.4 Å². The molecule has 152 valence electrons. The Morgan fingerprint density at radius 3 is 2.67 bits per heavy atom. The monoisotopic (exact) mass is 396 g/mol. The lowest BCUT2D eigenvalue weighted by molar-refractivity contribution is 0.243. The maximum absolute atomic E-state index is 4.80. The molecule has 4 heteroatoms. The van der Waals surface area contributed by atoms with E-state index in [2.05, 4.69) is 88.4 Å². The van der Waals surface area contributed by atoms with Crippen LogP contribution in [0, 0.1) is 0 Å². The molecular weight excluding hydrogens is 368 g/mol. The van der Waals surface area contributed by atoms with Gasteiger partial charge in [-0.05, 0) is 23.6 Å². The number of fused-ring (bicyclic) bond motifs is 2. The second-order valence-corrected chi connectivity index (χ2v) is 8.25. The van der Waals surface area contributed by atoms with Crippen LogP contribution in [0.1, 0.15) is 41.6 Å². The quantitative estimate of drug-likeness (QED) is 0.460. The van der Waals surface area contributed by atoms with Crippen molar-refractivity contribution < 1.29 is 0 Å². The Labute approximate surface area is 178 Å². The predicted molar refractivity (Wildman–Crippen MR) is 121 cm³/mol. The van der Waals surface area contributed by atoms with Gasteiger partial charge in [-0.3, -0.25) is 4.90 Å². The largest absolute Gasteiger partial charge is 0.343 e. The van der Waals surface area contributed by atoms with Gasteiger partial charge < -0.3 is 4.57 Å². The van der Waals surface area contributed by atoms with E-state index in [1.165, 1.54) is 33.3 Å². The molecule has 0 amide bonds. The van der Waals surface area contributed by atoms with Crippen LogP contribution in [0.2, 0.25) is 0 Å². The summed E-state index contributed by atoms with van der Waals surface area (Å²) < 4.78 is 2.39. The number of para-hydroxylation sites is 1. The number of hydrogen-bond acceptors (Lipinski definition) is 3. The van der Waals surface area contributed by atoms with Crippen LogP contribution in [-0.2, 0) is 32.5 Å². The number of rotatable bonds is 6. The van der Waals surface area contributed by atoms with E-state index in [0.29, 0.717) is 0 Å². The number of aromatic nitrogens is 3. The summed E-state index contributed by atoms with van der Waals surface area (Å²) in [4.78, 5) is 11.9. The van der Waals surface area contributed by atoms with Crippen LogP contribution in [-0.4, -0.2) is 26.0 Å². The van der Waals surface area contributed by atoms with Crippen LogP contribution >= 0.6 is 0 Å². The molecule has 2 aromatic heterocycles. The summed E-state index contributed by atoms with van der Waals surface area (Å²) in [7, 11) is 0. The van der Waals surface area contributed by atoms with Gasteiger partial charge >= 0.3 is 0 Å². The first kappa shape index (κ1) is 19.0. The molecule has 0 saturated heterocycles. The van der Waals surface area contributed by atoms with Gasteiger partial charge in [-0.1, -0.05) is 55.5 Å². The third-order valence-corrected chi connectivity index (χ3v) is 6.00. The summed E-state index contributed by atoms with van der Waals surface area (Å²) in [5.41, 5.74) is 6.57. The first-order valence-electron chi connectivity index (χ1n) is 11.0. The molecule has 1 aliphatic heterocycles. The van der Waals surface area contributed by atoms with Crippen LogP contribution in [0.3, 0.4) is 0 Å². The maximum atomic E-state index is 4.80. The standard InChI is InChI=1S/C26H28N4/c1-2-8-26-27-15-21-17-29(14-13-24(21)28-26)18-22-19-30(16-20-9-4-3-5-10-20)25-12-7-6-11-23(22)25/h3-7,9-12,15,19H,2,8,13-14,16-18H2,1H3. The highest BCUT2D eigenvalue weighted by atomic mass is 15.1. The summed E-state index contributed by atoms with van der Waals surface area (Å²) >= 11 is 0. The highest BCUT2D eigenvalue weighted by Gasteiger charge is 2.20.